The molecule has 0 aliphatic rings. The van der Waals surface area contributed by atoms with Gasteiger partial charge in [0, 0.05) is 19.9 Å². The van der Waals surface area contributed by atoms with E-state index in [1.807, 2.05) is 0 Å². The van der Waals surface area contributed by atoms with Gasteiger partial charge in [-0.2, -0.15) is 0 Å². The number of ether oxygens (including phenoxy) is 1. The number of hydrogen-bond acceptors (Lipinski definition) is 1. The van der Waals surface area contributed by atoms with Crippen molar-refractivity contribution in [1.29, 1.82) is 0 Å². The van der Waals surface area contributed by atoms with Crippen molar-refractivity contribution >= 4 is 24.7 Å². The summed E-state index contributed by atoms with van der Waals surface area (Å²) in [5, 5.41) is 0.377. The van der Waals surface area contributed by atoms with Crippen LogP contribution in [-0.4, -0.2) is 15.4 Å². The van der Waals surface area contributed by atoms with Crippen molar-refractivity contribution in [2.24, 2.45) is 0 Å². The van der Waals surface area contributed by atoms with Crippen molar-refractivity contribution in [2.75, 3.05) is 6.61 Å². The van der Waals surface area contributed by atoms with E-state index in [9.17, 15) is 0 Å². The monoisotopic (exact) mass is 328 g/mol. The van der Waals surface area contributed by atoms with E-state index >= 15 is 0 Å². The third-order valence-electron chi connectivity index (χ3n) is 3.84. The molecule has 0 aliphatic heterocycles. The molecule has 1 rings (SSSR count). The van der Waals surface area contributed by atoms with E-state index in [2.05, 4.69) is 68.0 Å². The van der Waals surface area contributed by atoms with Crippen LogP contribution < -0.4 is 0 Å². The highest BCUT2D eigenvalue weighted by molar-refractivity contribution is 9.10. The lowest BCUT2D eigenvalue weighted by molar-refractivity contribution is 0.100. The second-order valence-corrected chi connectivity index (χ2v) is 10.7. The van der Waals surface area contributed by atoms with Crippen LogP contribution in [0.1, 0.15) is 31.9 Å². The Hall–Kier alpha value is -0.123. The summed E-state index contributed by atoms with van der Waals surface area (Å²) in [6, 6.07) is 6.46. The first-order valence-electron chi connectivity index (χ1n) is 6.72. The summed E-state index contributed by atoms with van der Waals surface area (Å²) < 4.78 is 7.10. The summed E-state index contributed by atoms with van der Waals surface area (Å²) in [4.78, 5) is 0. The van der Waals surface area contributed by atoms with Gasteiger partial charge in [0.05, 0.1) is 6.61 Å². The quantitative estimate of drug-likeness (QED) is 0.682. The Labute approximate surface area is 122 Å². The Kier molecular flexibility index (Phi) is 6.08. The Morgan fingerprint density at radius 3 is 2.44 bits per heavy atom. The lowest BCUT2D eigenvalue weighted by atomic mass is 10.1. The van der Waals surface area contributed by atoms with Gasteiger partial charge in [-0.25, -0.2) is 0 Å². The molecule has 0 fully saturated rings. The SMILES string of the molecule is CCc1cc(Br)ccc1COCC(C)(C)[SiH](C)C. The lowest BCUT2D eigenvalue weighted by Crippen LogP contribution is -2.26. The number of hydrogen-bond donors (Lipinski definition) is 0. The number of benzene rings is 1. The Bertz CT molecular complexity index is 388. The molecule has 1 aromatic rings. The van der Waals surface area contributed by atoms with Gasteiger partial charge in [0.1, 0.15) is 0 Å². The molecule has 0 bridgehead atoms. The molecule has 0 heterocycles. The topological polar surface area (TPSA) is 9.23 Å². The molecule has 0 amide bonds. The van der Waals surface area contributed by atoms with Gasteiger partial charge in [0.15, 0.2) is 0 Å². The maximum absolute atomic E-state index is 5.95. The molecule has 0 aliphatic carbocycles. The predicted molar refractivity (Wildman–Crippen MR) is 86.1 cm³/mol. The van der Waals surface area contributed by atoms with Gasteiger partial charge in [-0.1, -0.05) is 55.9 Å². The Balaban J connectivity index is 2.59. The van der Waals surface area contributed by atoms with Crippen LogP contribution in [0.5, 0.6) is 0 Å². The molecule has 0 N–H and O–H groups in total. The highest BCUT2D eigenvalue weighted by atomic mass is 79.9. The molecule has 0 aromatic heterocycles. The fourth-order valence-electron chi connectivity index (χ4n) is 1.66. The zero-order valence-corrected chi connectivity index (χ0v) is 15.0. The molecule has 0 saturated carbocycles. The number of halogens is 1. The van der Waals surface area contributed by atoms with Gasteiger partial charge in [-0.05, 0) is 34.7 Å². The summed E-state index contributed by atoms with van der Waals surface area (Å²) in [5.41, 5.74) is 2.70. The van der Waals surface area contributed by atoms with Crippen LogP contribution in [0.4, 0.5) is 0 Å². The van der Waals surface area contributed by atoms with E-state index in [0.717, 1.165) is 24.1 Å². The molecule has 18 heavy (non-hydrogen) atoms. The first-order chi connectivity index (χ1) is 8.36. The van der Waals surface area contributed by atoms with Crippen LogP contribution >= 0.6 is 15.9 Å². The van der Waals surface area contributed by atoms with Gasteiger partial charge < -0.3 is 4.74 Å². The second kappa shape index (κ2) is 6.87. The van der Waals surface area contributed by atoms with Gasteiger partial charge in [-0.15, -0.1) is 0 Å². The van der Waals surface area contributed by atoms with Gasteiger partial charge >= 0.3 is 0 Å². The molecular formula is C15H25BrOSi. The van der Waals surface area contributed by atoms with Crippen molar-refractivity contribution in [2.45, 2.75) is 51.9 Å². The lowest BCUT2D eigenvalue weighted by Gasteiger charge is -2.28. The fourth-order valence-corrected chi connectivity index (χ4v) is 2.51. The zero-order valence-electron chi connectivity index (χ0n) is 12.2. The summed E-state index contributed by atoms with van der Waals surface area (Å²) in [5.74, 6) is 0. The standard InChI is InChI=1S/C15H25BrOSi/c1-6-12-9-14(16)8-7-13(12)10-17-11-15(2,3)18(4)5/h7-9,18H,6,10-11H2,1-5H3. The molecule has 0 saturated heterocycles. The van der Waals surface area contributed by atoms with Crippen molar-refractivity contribution < 1.29 is 4.74 Å². The van der Waals surface area contributed by atoms with E-state index in [0.29, 0.717) is 5.04 Å². The molecule has 0 spiro atoms. The highest BCUT2D eigenvalue weighted by Crippen LogP contribution is 2.29. The fraction of sp³-hybridized carbons (Fsp3) is 0.600. The largest absolute Gasteiger partial charge is 0.377 e. The first kappa shape index (κ1) is 15.9. The van der Waals surface area contributed by atoms with E-state index < -0.39 is 8.80 Å². The second-order valence-electron chi connectivity index (χ2n) is 5.90. The minimum Gasteiger partial charge on any atom is -0.377 e. The maximum Gasteiger partial charge on any atom is 0.0719 e. The summed E-state index contributed by atoms with van der Waals surface area (Å²) in [7, 11) is -0.665. The molecule has 1 aromatic carbocycles. The maximum atomic E-state index is 5.95. The van der Waals surface area contributed by atoms with Gasteiger partial charge in [-0.3, -0.25) is 0 Å². The average Bonchev–Trinajstić information content (AvgIpc) is 2.30. The van der Waals surface area contributed by atoms with Crippen LogP contribution in [0.15, 0.2) is 22.7 Å². The molecule has 0 unspecified atom stereocenters. The van der Waals surface area contributed by atoms with Crippen LogP contribution in [0, 0.1) is 0 Å². The molecule has 1 nitrogen and oxygen atoms in total. The first-order valence-corrected chi connectivity index (χ1v) is 10.4. The Morgan fingerprint density at radius 2 is 1.89 bits per heavy atom. The normalized spacial score (nSPS) is 12.2. The van der Waals surface area contributed by atoms with E-state index in [-0.39, 0.29) is 0 Å². The van der Waals surface area contributed by atoms with E-state index in [1.165, 1.54) is 11.1 Å². The van der Waals surface area contributed by atoms with E-state index in [1.54, 1.807) is 0 Å². The molecule has 0 radical (unpaired) electrons. The number of aryl methyl sites for hydroxylation is 1. The molecular weight excluding hydrogens is 304 g/mol. The summed E-state index contributed by atoms with van der Waals surface area (Å²) >= 11 is 3.52. The highest BCUT2D eigenvalue weighted by Gasteiger charge is 2.23. The summed E-state index contributed by atoms with van der Waals surface area (Å²) in [6.45, 7) is 13.2. The number of rotatable bonds is 6. The van der Waals surface area contributed by atoms with Gasteiger partial charge in [0.25, 0.3) is 0 Å². The van der Waals surface area contributed by atoms with Crippen LogP contribution in [0.3, 0.4) is 0 Å². The minimum atomic E-state index is -0.665. The average molecular weight is 329 g/mol. The van der Waals surface area contributed by atoms with E-state index in [4.69, 9.17) is 4.74 Å². The van der Waals surface area contributed by atoms with Gasteiger partial charge in [0.2, 0.25) is 0 Å². The summed E-state index contributed by atoms with van der Waals surface area (Å²) in [6.07, 6.45) is 1.06. The third-order valence-corrected chi connectivity index (χ3v) is 7.63. The van der Waals surface area contributed by atoms with Crippen molar-refractivity contribution in [3.63, 3.8) is 0 Å². The van der Waals surface area contributed by atoms with Crippen molar-refractivity contribution in [1.82, 2.24) is 0 Å². The molecule has 0 atom stereocenters. The molecule has 3 heteroatoms. The van der Waals surface area contributed by atoms with Crippen LogP contribution in [0.25, 0.3) is 0 Å². The minimum absolute atomic E-state index is 0.377. The van der Waals surface area contributed by atoms with Crippen molar-refractivity contribution in [3.05, 3.63) is 33.8 Å². The van der Waals surface area contributed by atoms with Crippen LogP contribution in [-0.2, 0) is 17.8 Å². The smallest absolute Gasteiger partial charge is 0.0719 e. The third kappa shape index (κ3) is 4.52. The predicted octanol–water partition coefficient (Wildman–Crippen LogP) is 4.80. The van der Waals surface area contributed by atoms with Crippen LogP contribution in [0.2, 0.25) is 18.1 Å². The zero-order chi connectivity index (χ0) is 13.8. The Morgan fingerprint density at radius 1 is 1.22 bits per heavy atom. The molecule has 102 valence electrons. The van der Waals surface area contributed by atoms with Crippen molar-refractivity contribution in [3.8, 4) is 0 Å².